The van der Waals surface area contributed by atoms with Gasteiger partial charge in [-0.2, -0.15) is 0 Å². The molecule has 1 aromatic rings. The molecule has 0 bridgehead atoms. The molecule has 0 fully saturated rings. The Labute approximate surface area is 84.1 Å². The van der Waals surface area contributed by atoms with Crippen molar-refractivity contribution >= 4 is 28.8 Å². The summed E-state index contributed by atoms with van der Waals surface area (Å²) >= 11 is 4.26. The van der Waals surface area contributed by atoms with Gasteiger partial charge in [-0.15, -0.1) is 5.11 Å². The van der Waals surface area contributed by atoms with Crippen molar-refractivity contribution in [3.63, 3.8) is 0 Å². The maximum Gasteiger partial charge on any atom is 0.269 e. The molecule has 0 unspecified atom stereocenters. The number of nitro benzene ring substituents is 1. The predicted molar refractivity (Wildman–Crippen MR) is 52.6 cm³/mol. The molecule has 1 aromatic carbocycles. The van der Waals surface area contributed by atoms with E-state index < -0.39 is 4.92 Å². The lowest BCUT2D eigenvalue weighted by Gasteiger charge is -1.90. The van der Waals surface area contributed by atoms with Crippen LogP contribution in [0.1, 0.15) is 0 Å². The van der Waals surface area contributed by atoms with Crippen molar-refractivity contribution in [3.8, 4) is 0 Å². The molecule has 0 aliphatic heterocycles. The lowest BCUT2D eigenvalue weighted by molar-refractivity contribution is -0.384. The fourth-order valence-corrected chi connectivity index (χ4v) is 0.770. The van der Waals surface area contributed by atoms with Crippen LogP contribution in [0.15, 0.2) is 39.7 Å². The monoisotopic (exact) mass is 208 g/mol. The van der Waals surface area contributed by atoms with E-state index in [2.05, 4.69) is 27.7 Å². The quantitative estimate of drug-likeness (QED) is 0.252. The van der Waals surface area contributed by atoms with Crippen LogP contribution in [0.25, 0.3) is 0 Å². The van der Waals surface area contributed by atoms with E-state index in [1.807, 2.05) is 5.16 Å². The van der Waals surface area contributed by atoms with Gasteiger partial charge < -0.3 is 0 Å². The second kappa shape index (κ2) is 4.90. The lowest BCUT2D eigenvalue weighted by atomic mass is 10.3. The summed E-state index contributed by atoms with van der Waals surface area (Å²) in [5.41, 5.74) is 0.465. The van der Waals surface area contributed by atoms with Crippen LogP contribution < -0.4 is 0 Å². The van der Waals surface area contributed by atoms with Gasteiger partial charge in [0, 0.05) is 12.1 Å². The first-order valence-corrected chi connectivity index (χ1v) is 3.87. The third-order valence-electron chi connectivity index (χ3n) is 1.31. The topological polar surface area (TPSA) is 80.2 Å². The second-order valence-corrected chi connectivity index (χ2v) is 2.34. The fourth-order valence-electron chi connectivity index (χ4n) is 0.733. The van der Waals surface area contributed by atoms with Gasteiger partial charge >= 0.3 is 0 Å². The summed E-state index contributed by atoms with van der Waals surface area (Å²) in [5.74, 6) is 0. The van der Waals surface area contributed by atoms with Crippen molar-refractivity contribution in [3.05, 3.63) is 34.4 Å². The average molecular weight is 208 g/mol. The molecule has 70 valence electrons. The van der Waals surface area contributed by atoms with Gasteiger partial charge in [-0.05, 0) is 29.6 Å². The van der Waals surface area contributed by atoms with Crippen LogP contribution in [-0.4, -0.2) is 10.1 Å². The van der Waals surface area contributed by atoms with Gasteiger partial charge in [0.2, 0.25) is 0 Å². The number of benzene rings is 1. The number of nitrogens with zero attached hydrogens (tertiary/aromatic N) is 4. The van der Waals surface area contributed by atoms with E-state index in [0.29, 0.717) is 5.69 Å². The standard InChI is InChI=1S/C7H4N4O2S/c12-11(13)7-3-1-6(2-4-7)9-10-8-5-14/h1-4H. The van der Waals surface area contributed by atoms with Gasteiger partial charge in [0.1, 0.15) is 0 Å². The average Bonchev–Trinajstić information content (AvgIpc) is 2.19. The van der Waals surface area contributed by atoms with E-state index in [-0.39, 0.29) is 5.69 Å². The van der Waals surface area contributed by atoms with Crippen molar-refractivity contribution in [1.82, 2.24) is 0 Å². The largest absolute Gasteiger partial charge is 0.269 e. The van der Waals surface area contributed by atoms with Crippen molar-refractivity contribution in [2.24, 2.45) is 15.4 Å². The van der Waals surface area contributed by atoms with E-state index in [9.17, 15) is 10.1 Å². The highest BCUT2D eigenvalue weighted by Crippen LogP contribution is 2.17. The third-order valence-corrected chi connectivity index (χ3v) is 1.39. The number of hydrogen-bond donors (Lipinski definition) is 0. The molecule has 0 aliphatic carbocycles. The molecule has 0 radical (unpaired) electrons. The van der Waals surface area contributed by atoms with Crippen molar-refractivity contribution < 1.29 is 4.92 Å². The number of hydrogen-bond acceptors (Lipinski definition) is 5. The zero-order chi connectivity index (χ0) is 10.4. The normalized spacial score (nSPS) is 9.71. The highest BCUT2D eigenvalue weighted by atomic mass is 32.1. The Bertz CT molecular complexity index is 408. The van der Waals surface area contributed by atoms with Gasteiger partial charge in [0.25, 0.3) is 5.69 Å². The lowest BCUT2D eigenvalue weighted by Crippen LogP contribution is -1.85. The molecule has 0 aromatic heterocycles. The highest BCUT2D eigenvalue weighted by Gasteiger charge is 2.02. The van der Waals surface area contributed by atoms with E-state index in [0.717, 1.165) is 0 Å². The van der Waals surface area contributed by atoms with E-state index in [1.165, 1.54) is 24.3 Å². The van der Waals surface area contributed by atoms with Crippen LogP contribution in [0.3, 0.4) is 0 Å². The zero-order valence-corrected chi connectivity index (χ0v) is 7.64. The fraction of sp³-hybridized carbons (Fsp3) is 0. The van der Waals surface area contributed by atoms with E-state index >= 15 is 0 Å². The maximum absolute atomic E-state index is 10.3. The molecule has 1 rings (SSSR count). The number of thiocarbonyl (C=S) groups is 1. The molecule has 14 heavy (non-hydrogen) atoms. The Kier molecular flexibility index (Phi) is 3.54. The predicted octanol–water partition coefficient (Wildman–Crippen LogP) is 2.70. The molecular formula is C7H4N4O2S. The second-order valence-electron chi connectivity index (χ2n) is 2.15. The Morgan fingerprint density at radius 3 is 2.50 bits per heavy atom. The molecule has 0 heterocycles. The Hall–Kier alpha value is -1.98. The van der Waals surface area contributed by atoms with Gasteiger partial charge in [-0.3, -0.25) is 10.1 Å². The van der Waals surface area contributed by atoms with Gasteiger partial charge in [-0.25, -0.2) is 0 Å². The third kappa shape index (κ3) is 2.81. The molecule has 0 spiro atoms. The summed E-state index contributed by atoms with van der Waals surface area (Å²) < 4.78 is 0. The molecule has 0 aliphatic rings. The van der Waals surface area contributed by atoms with Crippen LogP contribution in [0.5, 0.6) is 0 Å². The van der Waals surface area contributed by atoms with Crippen molar-refractivity contribution in [2.45, 2.75) is 0 Å². The van der Waals surface area contributed by atoms with Crippen molar-refractivity contribution in [1.29, 1.82) is 0 Å². The first-order chi connectivity index (χ1) is 6.74. The van der Waals surface area contributed by atoms with Gasteiger partial charge in [-0.1, -0.05) is 5.10 Å². The Morgan fingerprint density at radius 1 is 1.36 bits per heavy atom. The smallest absolute Gasteiger partial charge is 0.258 e. The number of non-ortho nitro benzene ring substituents is 1. The minimum absolute atomic E-state index is 0.00211. The molecule has 0 atom stereocenters. The summed E-state index contributed by atoms with van der Waals surface area (Å²) in [6.07, 6.45) is 0. The first kappa shape index (κ1) is 10.1. The molecule has 7 heteroatoms. The molecule has 0 saturated heterocycles. The van der Waals surface area contributed by atoms with Crippen LogP contribution in [-0.2, 0) is 0 Å². The molecule has 0 saturated carbocycles. The first-order valence-electron chi connectivity index (χ1n) is 3.46. The molecule has 0 amide bonds. The summed E-state index contributed by atoms with van der Waals surface area (Å²) in [7, 11) is 0. The van der Waals surface area contributed by atoms with Gasteiger partial charge in [0.05, 0.1) is 15.8 Å². The minimum atomic E-state index is -0.490. The Morgan fingerprint density at radius 2 is 2.00 bits per heavy atom. The maximum atomic E-state index is 10.3. The summed E-state index contributed by atoms with van der Waals surface area (Å²) in [4.78, 5) is 9.79. The van der Waals surface area contributed by atoms with Crippen LogP contribution in [0.4, 0.5) is 11.4 Å². The van der Waals surface area contributed by atoms with Crippen LogP contribution in [0.2, 0.25) is 0 Å². The zero-order valence-electron chi connectivity index (χ0n) is 6.82. The number of nitro groups is 1. The summed E-state index contributed by atoms with van der Waals surface area (Å²) in [6.45, 7) is 0. The van der Waals surface area contributed by atoms with Crippen LogP contribution >= 0.6 is 12.2 Å². The number of isothiocyanates is 1. The van der Waals surface area contributed by atoms with E-state index in [4.69, 9.17) is 0 Å². The number of rotatable bonds is 3. The van der Waals surface area contributed by atoms with Crippen molar-refractivity contribution in [2.75, 3.05) is 0 Å². The Balaban J connectivity index is 2.83. The summed E-state index contributed by atoms with van der Waals surface area (Å²) in [5, 5.41) is 22.4. The molecule has 0 N–H and O–H groups in total. The van der Waals surface area contributed by atoms with Gasteiger partial charge in [0.15, 0.2) is 0 Å². The minimum Gasteiger partial charge on any atom is -0.258 e. The highest BCUT2D eigenvalue weighted by molar-refractivity contribution is 7.78. The SMILES string of the molecule is O=[N+]([O-])c1ccc(N=NN=C=S)cc1. The summed E-state index contributed by atoms with van der Waals surface area (Å²) in [6, 6.07) is 5.58. The molecular weight excluding hydrogens is 204 g/mol. The molecule has 6 nitrogen and oxygen atoms in total. The van der Waals surface area contributed by atoms with Crippen LogP contribution in [0, 0.1) is 10.1 Å². The van der Waals surface area contributed by atoms with E-state index in [1.54, 1.807) is 0 Å².